The fourth-order valence-electron chi connectivity index (χ4n) is 3.62. The summed E-state index contributed by atoms with van der Waals surface area (Å²) in [5.74, 6) is -0.312. The van der Waals surface area contributed by atoms with E-state index < -0.39 is 10.0 Å². The predicted octanol–water partition coefficient (Wildman–Crippen LogP) is 5.09. The average molecular weight is 487 g/mol. The Bertz CT molecular complexity index is 1450. The SMILES string of the molecule is NS(=O)(=O)c1ccc2nc(N3N=C(c4ccc(Cl)cc4)CC3c3ccc(F)cc3)sc2c1. The molecule has 3 aromatic carbocycles. The van der Waals surface area contributed by atoms with Gasteiger partial charge in [-0.1, -0.05) is 47.2 Å². The zero-order chi connectivity index (χ0) is 22.5. The van der Waals surface area contributed by atoms with E-state index in [0.717, 1.165) is 16.8 Å². The summed E-state index contributed by atoms with van der Waals surface area (Å²) in [5, 5.41) is 13.1. The molecule has 1 aromatic heterocycles. The number of anilines is 1. The third-order valence-electron chi connectivity index (χ3n) is 5.22. The van der Waals surface area contributed by atoms with Crippen LogP contribution in [0.1, 0.15) is 23.6 Å². The lowest BCUT2D eigenvalue weighted by molar-refractivity contribution is 0.598. The summed E-state index contributed by atoms with van der Waals surface area (Å²) in [7, 11) is -3.82. The summed E-state index contributed by atoms with van der Waals surface area (Å²) in [6, 6.07) is 18.1. The minimum absolute atomic E-state index is 0.0297. The molecule has 0 saturated heterocycles. The Balaban J connectivity index is 1.60. The Labute approximate surface area is 192 Å². The van der Waals surface area contributed by atoms with Crippen LogP contribution in [0.2, 0.25) is 5.02 Å². The molecule has 1 atom stereocenters. The van der Waals surface area contributed by atoms with Crippen LogP contribution in [0.15, 0.2) is 76.7 Å². The lowest BCUT2D eigenvalue weighted by atomic mass is 9.98. The highest BCUT2D eigenvalue weighted by molar-refractivity contribution is 7.89. The van der Waals surface area contributed by atoms with Crippen molar-refractivity contribution in [1.29, 1.82) is 0 Å². The Kier molecular flexibility index (Phi) is 5.21. The first kappa shape index (κ1) is 21.0. The van der Waals surface area contributed by atoms with E-state index in [1.54, 1.807) is 35.3 Å². The van der Waals surface area contributed by atoms with Gasteiger partial charge in [-0.15, -0.1) is 0 Å². The number of aromatic nitrogens is 1. The summed E-state index contributed by atoms with van der Waals surface area (Å²) in [4.78, 5) is 4.69. The monoisotopic (exact) mass is 486 g/mol. The number of hydrogen-bond acceptors (Lipinski definition) is 6. The Morgan fingerprint density at radius 1 is 1.06 bits per heavy atom. The molecule has 0 aliphatic carbocycles. The van der Waals surface area contributed by atoms with E-state index in [2.05, 4.69) is 4.98 Å². The van der Waals surface area contributed by atoms with Crippen molar-refractivity contribution in [3.05, 3.63) is 88.7 Å². The molecule has 6 nitrogen and oxygen atoms in total. The van der Waals surface area contributed by atoms with Crippen molar-refractivity contribution >= 4 is 54.0 Å². The van der Waals surface area contributed by atoms with Gasteiger partial charge in [-0.05, 0) is 53.6 Å². The van der Waals surface area contributed by atoms with Crippen LogP contribution >= 0.6 is 22.9 Å². The maximum Gasteiger partial charge on any atom is 0.238 e. The van der Waals surface area contributed by atoms with Gasteiger partial charge < -0.3 is 0 Å². The number of fused-ring (bicyclic) bond motifs is 1. The molecule has 0 fully saturated rings. The standard InChI is InChI=1S/C22H16ClFN4O2S2/c23-15-5-1-13(2-6-15)19-12-20(14-3-7-16(24)8-4-14)28(27-19)22-26-18-10-9-17(32(25,29)30)11-21(18)31-22/h1-11,20H,12H2,(H2,25,29,30). The molecule has 0 spiro atoms. The van der Waals surface area contributed by atoms with E-state index in [9.17, 15) is 12.8 Å². The number of sulfonamides is 1. The van der Waals surface area contributed by atoms with E-state index in [1.807, 2.05) is 12.1 Å². The molecular formula is C22H16ClFN4O2S2. The minimum atomic E-state index is -3.82. The van der Waals surface area contributed by atoms with Gasteiger partial charge in [-0.3, -0.25) is 0 Å². The molecule has 0 amide bonds. The molecule has 0 bridgehead atoms. The minimum Gasteiger partial charge on any atom is -0.231 e. The lowest BCUT2D eigenvalue weighted by Gasteiger charge is -2.21. The maximum atomic E-state index is 13.5. The number of nitrogens with zero attached hydrogens (tertiary/aromatic N) is 3. The molecule has 32 heavy (non-hydrogen) atoms. The van der Waals surface area contributed by atoms with Crippen LogP contribution < -0.4 is 10.1 Å². The second-order valence-electron chi connectivity index (χ2n) is 7.34. The molecule has 5 rings (SSSR count). The fraction of sp³-hybridized carbons (Fsp3) is 0.0909. The van der Waals surface area contributed by atoms with Gasteiger partial charge in [0, 0.05) is 11.4 Å². The van der Waals surface area contributed by atoms with E-state index in [0.29, 0.717) is 26.8 Å². The molecule has 4 aromatic rings. The molecule has 2 N–H and O–H groups in total. The highest BCUT2D eigenvalue weighted by Crippen LogP contribution is 2.40. The van der Waals surface area contributed by atoms with Crippen molar-refractivity contribution in [2.75, 3.05) is 5.01 Å². The topological polar surface area (TPSA) is 88.7 Å². The van der Waals surface area contributed by atoms with Crippen LogP contribution in [0.3, 0.4) is 0 Å². The number of nitrogens with two attached hydrogens (primary N) is 1. The highest BCUT2D eigenvalue weighted by Gasteiger charge is 2.32. The van der Waals surface area contributed by atoms with Crippen LogP contribution in [0.25, 0.3) is 10.2 Å². The predicted molar refractivity (Wildman–Crippen MR) is 125 cm³/mol. The Morgan fingerprint density at radius 3 is 2.47 bits per heavy atom. The summed E-state index contributed by atoms with van der Waals surface area (Å²) < 4.78 is 37.6. The molecular weight excluding hydrogens is 471 g/mol. The number of halogens is 2. The van der Waals surface area contributed by atoms with Gasteiger partial charge in [0.15, 0.2) is 0 Å². The first-order valence-corrected chi connectivity index (χ1v) is 12.3. The highest BCUT2D eigenvalue weighted by atomic mass is 35.5. The normalized spacial score (nSPS) is 16.5. The van der Waals surface area contributed by atoms with Gasteiger partial charge in [0.05, 0.1) is 26.9 Å². The van der Waals surface area contributed by atoms with Crippen LogP contribution in [-0.4, -0.2) is 19.1 Å². The molecule has 0 radical (unpaired) electrons. The van der Waals surface area contributed by atoms with E-state index in [4.69, 9.17) is 21.8 Å². The van der Waals surface area contributed by atoms with Gasteiger partial charge in [-0.2, -0.15) is 5.10 Å². The van der Waals surface area contributed by atoms with Crippen molar-refractivity contribution in [3.8, 4) is 0 Å². The first-order chi connectivity index (χ1) is 15.3. The molecule has 1 aliphatic rings. The van der Waals surface area contributed by atoms with Crippen LogP contribution in [0, 0.1) is 5.82 Å². The Hall–Kier alpha value is -2.85. The van der Waals surface area contributed by atoms with Crippen LogP contribution in [0.5, 0.6) is 0 Å². The largest absolute Gasteiger partial charge is 0.238 e. The zero-order valence-electron chi connectivity index (χ0n) is 16.4. The van der Waals surface area contributed by atoms with Crippen molar-refractivity contribution < 1.29 is 12.8 Å². The lowest BCUT2D eigenvalue weighted by Crippen LogP contribution is -2.18. The average Bonchev–Trinajstić information content (AvgIpc) is 3.38. The molecule has 0 saturated carbocycles. The third kappa shape index (κ3) is 4.00. The first-order valence-electron chi connectivity index (χ1n) is 9.59. The smallest absolute Gasteiger partial charge is 0.231 e. The summed E-state index contributed by atoms with van der Waals surface area (Å²) in [6.45, 7) is 0. The number of thiazole rings is 1. The molecule has 10 heteroatoms. The number of benzene rings is 3. The quantitative estimate of drug-likeness (QED) is 0.435. The van der Waals surface area contributed by atoms with Gasteiger partial charge in [-0.25, -0.2) is 27.9 Å². The summed E-state index contributed by atoms with van der Waals surface area (Å²) in [6.07, 6.45) is 0.589. The van der Waals surface area contributed by atoms with Crippen molar-refractivity contribution in [2.24, 2.45) is 10.2 Å². The van der Waals surface area contributed by atoms with Gasteiger partial charge in [0.25, 0.3) is 0 Å². The summed E-state index contributed by atoms with van der Waals surface area (Å²) >= 11 is 7.35. The second-order valence-corrected chi connectivity index (χ2v) is 10.3. The number of primary sulfonamides is 1. The molecule has 1 aliphatic heterocycles. The Morgan fingerprint density at radius 2 is 1.78 bits per heavy atom. The van der Waals surface area contributed by atoms with E-state index >= 15 is 0 Å². The second kappa shape index (κ2) is 7.93. The van der Waals surface area contributed by atoms with Gasteiger partial charge in [0.1, 0.15) is 5.82 Å². The number of rotatable bonds is 4. The van der Waals surface area contributed by atoms with E-state index in [-0.39, 0.29) is 16.8 Å². The van der Waals surface area contributed by atoms with Crippen molar-refractivity contribution in [2.45, 2.75) is 17.4 Å². The number of hydrazone groups is 1. The zero-order valence-corrected chi connectivity index (χ0v) is 18.8. The summed E-state index contributed by atoms with van der Waals surface area (Å²) in [5.41, 5.74) is 3.32. The fourth-order valence-corrected chi connectivity index (χ4v) is 5.36. The van der Waals surface area contributed by atoms with Gasteiger partial charge >= 0.3 is 0 Å². The number of hydrogen-bond donors (Lipinski definition) is 1. The van der Waals surface area contributed by atoms with Crippen molar-refractivity contribution in [1.82, 2.24) is 4.98 Å². The molecule has 2 heterocycles. The van der Waals surface area contributed by atoms with Crippen molar-refractivity contribution in [3.63, 3.8) is 0 Å². The molecule has 1 unspecified atom stereocenters. The van der Waals surface area contributed by atoms with Crippen LogP contribution in [0.4, 0.5) is 9.52 Å². The van der Waals surface area contributed by atoms with E-state index in [1.165, 1.54) is 35.6 Å². The maximum absolute atomic E-state index is 13.5. The molecule has 162 valence electrons. The van der Waals surface area contributed by atoms with Crippen LogP contribution in [-0.2, 0) is 10.0 Å². The van der Waals surface area contributed by atoms with Gasteiger partial charge in [0.2, 0.25) is 15.2 Å². The third-order valence-corrected chi connectivity index (χ3v) is 7.39.